The van der Waals surface area contributed by atoms with Crippen molar-refractivity contribution in [2.75, 3.05) is 38.6 Å². The van der Waals surface area contributed by atoms with Gasteiger partial charge < -0.3 is 40.4 Å². The molecule has 3 fully saturated rings. The van der Waals surface area contributed by atoms with Crippen LogP contribution in [0.1, 0.15) is 37.9 Å². The quantitative estimate of drug-likeness (QED) is 0.310. The molecule has 1 aliphatic carbocycles. The molecule has 0 spiro atoms. The molecule has 38 heavy (non-hydrogen) atoms. The van der Waals surface area contributed by atoms with Crippen LogP contribution in [0.25, 0.3) is 11.2 Å². The Morgan fingerprint density at radius 1 is 1.21 bits per heavy atom. The predicted octanol–water partition coefficient (Wildman–Crippen LogP) is -0.437. The van der Waals surface area contributed by atoms with E-state index in [9.17, 15) is 19.8 Å². The Kier molecular flexibility index (Phi) is 8.21. The van der Waals surface area contributed by atoms with Gasteiger partial charge in [-0.25, -0.2) is 19.7 Å². The van der Waals surface area contributed by atoms with Crippen molar-refractivity contribution in [3.8, 4) is 0 Å². The Morgan fingerprint density at radius 2 is 2.00 bits per heavy atom. The Balaban J connectivity index is 1.19. The van der Waals surface area contributed by atoms with Gasteiger partial charge in [0.05, 0.1) is 26.1 Å². The van der Waals surface area contributed by atoms with Gasteiger partial charge in [-0.15, -0.1) is 0 Å². The van der Waals surface area contributed by atoms with E-state index in [4.69, 9.17) is 19.9 Å². The zero-order valence-corrected chi connectivity index (χ0v) is 21.2. The number of ether oxygens (including phenoxy) is 3. The maximum Gasteiger partial charge on any atom is 0.410 e. The lowest BCUT2D eigenvalue weighted by molar-refractivity contribution is -0.147. The molecule has 2 amide bonds. The number of nitrogens with one attached hydrogen (secondary N) is 1. The van der Waals surface area contributed by atoms with E-state index < -0.39 is 24.7 Å². The van der Waals surface area contributed by atoms with Crippen molar-refractivity contribution in [3.63, 3.8) is 0 Å². The number of fused-ring (bicyclic) bond motifs is 1. The third-order valence-corrected chi connectivity index (χ3v) is 7.15. The second kappa shape index (κ2) is 11.8. The number of likely N-dealkylation sites (tertiary alicyclic amines) is 1. The third kappa shape index (κ3) is 6.31. The minimum absolute atomic E-state index is 0.0862. The standard InChI is InChI=1S/C24H35N7O7/c25-21-19-22(31(12-26-19)13-37-20(17(33)10-32)23(34)27-15-1-2-15)29-18(28-21)9-14-3-6-30(7-4-14)24(35)38-16-5-8-36-11-16/h12,14-17,20,32-33H,1-11,13H2,(H,27,34)(H2,25,28,29)/t16?,17?,20-/m0/s1. The number of nitrogens with zero attached hydrogens (tertiary/aromatic N) is 5. The average Bonchev–Trinajstić information content (AvgIpc) is 3.39. The lowest BCUT2D eigenvalue weighted by Crippen LogP contribution is -2.46. The number of hydrogen-bond acceptors (Lipinski definition) is 11. The van der Waals surface area contributed by atoms with Gasteiger partial charge in [-0.3, -0.25) is 9.36 Å². The highest BCUT2D eigenvalue weighted by molar-refractivity contribution is 5.82. The van der Waals surface area contributed by atoms with Crippen LogP contribution in [0.3, 0.4) is 0 Å². The maximum atomic E-state index is 12.5. The molecule has 3 atom stereocenters. The van der Waals surface area contributed by atoms with Gasteiger partial charge in [-0.2, -0.15) is 0 Å². The summed E-state index contributed by atoms with van der Waals surface area (Å²) >= 11 is 0. The number of piperidine rings is 1. The van der Waals surface area contributed by atoms with Gasteiger partial charge in [0.1, 0.15) is 30.3 Å². The molecular weight excluding hydrogens is 498 g/mol. The molecule has 0 aromatic carbocycles. The van der Waals surface area contributed by atoms with Gasteiger partial charge >= 0.3 is 6.09 Å². The molecule has 5 N–H and O–H groups in total. The number of aliphatic hydroxyl groups excluding tert-OH is 2. The van der Waals surface area contributed by atoms with Crippen LogP contribution >= 0.6 is 0 Å². The van der Waals surface area contributed by atoms with Gasteiger partial charge in [0.15, 0.2) is 17.6 Å². The molecule has 0 bridgehead atoms. The van der Waals surface area contributed by atoms with Crippen molar-refractivity contribution in [2.45, 2.75) is 69.6 Å². The summed E-state index contributed by atoms with van der Waals surface area (Å²) in [6.45, 7) is 1.54. The van der Waals surface area contributed by atoms with Crippen LogP contribution < -0.4 is 11.1 Å². The number of anilines is 1. The highest BCUT2D eigenvalue weighted by Crippen LogP contribution is 2.24. The molecule has 3 aliphatic rings. The van der Waals surface area contributed by atoms with Gasteiger partial charge in [0, 0.05) is 32.0 Å². The van der Waals surface area contributed by atoms with Gasteiger partial charge in [-0.05, 0) is 31.6 Å². The Bertz CT molecular complexity index is 1130. The molecule has 2 saturated heterocycles. The van der Waals surface area contributed by atoms with Crippen molar-refractivity contribution in [1.82, 2.24) is 29.7 Å². The van der Waals surface area contributed by atoms with Crippen LogP contribution in [0.15, 0.2) is 6.33 Å². The van der Waals surface area contributed by atoms with Gasteiger partial charge in [0.2, 0.25) is 0 Å². The summed E-state index contributed by atoms with van der Waals surface area (Å²) in [7, 11) is 0. The molecule has 0 radical (unpaired) electrons. The molecule has 14 heteroatoms. The summed E-state index contributed by atoms with van der Waals surface area (Å²) in [4.78, 5) is 40.0. The van der Waals surface area contributed by atoms with E-state index in [-0.39, 0.29) is 36.7 Å². The van der Waals surface area contributed by atoms with Gasteiger partial charge in [0.25, 0.3) is 5.91 Å². The maximum absolute atomic E-state index is 12.5. The molecule has 1 saturated carbocycles. The number of nitrogen functional groups attached to an aromatic ring is 1. The highest BCUT2D eigenvalue weighted by atomic mass is 16.6. The SMILES string of the molecule is Nc1nc(CC2CCN(C(=O)OC3CCOC3)CC2)nc2c1ncn2CO[C@H](C(=O)NC1CC1)C(O)CO. The number of nitrogens with two attached hydrogens (primary N) is 1. The number of aliphatic hydroxyl groups is 2. The van der Waals surface area contributed by atoms with E-state index in [0.29, 0.717) is 49.7 Å². The van der Waals surface area contributed by atoms with E-state index in [0.717, 1.165) is 32.1 Å². The highest BCUT2D eigenvalue weighted by Gasteiger charge is 2.33. The average molecular weight is 534 g/mol. The number of imidazole rings is 1. The van der Waals surface area contributed by atoms with Crippen LogP contribution in [-0.2, 0) is 32.2 Å². The lowest BCUT2D eigenvalue weighted by Gasteiger charge is -2.31. The number of rotatable bonds is 10. The van der Waals surface area contributed by atoms with Crippen molar-refractivity contribution in [1.29, 1.82) is 0 Å². The Hall–Kier alpha value is -3.07. The molecule has 2 aromatic heterocycles. The molecule has 2 aliphatic heterocycles. The van der Waals surface area contributed by atoms with Crippen LogP contribution in [0.2, 0.25) is 0 Å². The van der Waals surface area contributed by atoms with E-state index in [1.165, 1.54) is 6.33 Å². The van der Waals surface area contributed by atoms with E-state index in [1.54, 1.807) is 9.47 Å². The van der Waals surface area contributed by atoms with Gasteiger partial charge in [-0.1, -0.05) is 0 Å². The second-order valence-corrected chi connectivity index (χ2v) is 10.2. The Morgan fingerprint density at radius 3 is 2.68 bits per heavy atom. The van der Waals surface area contributed by atoms with E-state index >= 15 is 0 Å². The smallest absolute Gasteiger partial charge is 0.410 e. The minimum Gasteiger partial charge on any atom is -0.444 e. The third-order valence-electron chi connectivity index (χ3n) is 7.15. The first-order valence-corrected chi connectivity index (χ1v) is 13.1. The normalized spacial score (nSPS) is 21.9. The number of aromatic nitrogens is 4. The molecule has 14 nitrogen and oxygen atoms in total. The van der Waals surface area contributed by atoms with E-state index in [2.05, 4.69) is 20.3 Å². The summed E-state index contributed by atoms with van der Waals surface area (Å²) in [6, 6.07) is 0.0862. The molecule has 208 valence electrons. The zero-order chi connectivity index (χ0) is 26.6. The summed E-state index contributed by atoms with van der Waals surface area (Å²) in [5, 5.41) is 22.3. The fourth-order valence-corrected chi connectivity index (χ4v) is 4.73. The molecule has 2 aromatic rings. The van der Waals surface area contributed by atoms with Crippen molar-refractivity contribution < 1.29 is 34.0 Å². The monoisotopic (exact) mass is 533 g/mol. The molecular formula is C24H35N7O7. The predicted molar refractivity (Wildman–Crippen MR) is 133 cm³/mol. The van der Waals surface area contributed by atoms with Crippen LogP contribution in [0.5, 0.6) is 0 Å². The molecule has 4 heterocycles. The van der Waals surface area contributed by atoms with Crippen LogP contribution in [-0.4, -0.2) is 104 Å². The molecule has 5 rings (SSSR count). The number of carbonyl (C=O) groups excluding carboxylic acids is 2. The summed E-state index contributed by atoms with van der Waals surface area (Å²) in [6.07, 6.45) is 3.10. The topological polar surface area (TPSA) is 187 Å². The van der Waals surface area contributed by atoms with Crippen molar-refractivity contribution in [2.24, 2.45) is 5.92 Å². The summed E-state index contributed by atoms with van der Waals surface area (Å²) in [5.41, 5.74) is 7.03. The molecule has 2 unspecified atom stereocenters. The van der Waals surface area contributed by atoms with Crippen LogP contribution in [0, 0.1) is 5.92 Å². The van der Waals surface area contributed by atoms with Crippen molar-refractivity contribution >= 4 is 29.0 Å². The first kappa shape index (κ1) is 26.5. The first-order valence-electron chi connectivity index (χ1n) is 13.1. The summed E-state index contributed by atoms with van der Waals surface area (Å²) in [5.74, 6) is 0.593. The Labute approximate surface area is 219 Å². The number of amides is 2. The zero-order valence-electron chi connectivity index (χ0n) is 21.2. The number of carbonyl (C=O) groups is 2. The fourth-order valence-electron chi connectivity index (χ4n) is 4.73. The lowest BCUT2D eigenvalue weighted by atomic mass is 9.93. The van der Waals surface area contributed by atoms with Crippen molar-refractivity contribution in [3.05, 3.63) is 12.2 Å². The number of hydrogen-bond donors (Lipinski definition) is 4. The minimum atomic E-state index is -1.37. The van der Waals surface area contributed by atoms with E-state index in [1.807, 2.05) is 0 Å². The second-order valence-electron chi connectivity index (χ2n) is 10.2. The van der Waals surface area contributed by atoms with Crippen LogP contribution in [0.4, 0.5) is 10.6 Å². The first-order chi connectivity index (χ1) is 18.4. The fraction of sp³-hybridized carbons (Fsp3) is 0.708. The largest absolute Gasteiger partial charge is 0.444 e. The summed E-state index contributed by atoms with van der Waals surface area (Å²) < 4.78 is 18.1.